The lowest BCUT2D eigenvalue weighted by atomic mass is 10.0. The van der Waals surface area contributed by atoms with Gasteiger partial charge < -0.3 is 15.6 Å². The molecule has 0 aliphatic carbocycles. The molecule has 0 fully saturated rings. The number of ether oxygens (including phenoxy) is 1. The van der Waals surface area contributed by atoms with E-state index in [-0.39, 0.29) is 5.56 Å². The molecule has 0 amide bonds. The fourth-order valence-electron chi connectivity index (χ4n) is 1.15. The maximum Gasteiger partial charge on any atom is 0.376 e. The predicted octanol–water partition coefficient (Wildman–Crippen LogP) is 1.41. The summed E-state index contributed by atoms with van der Waals surface area (Å²) in [5.74, 6) is -5.75. The standard InChI is InChI=1S/C10H11F2NO3/c1-16-7-4-2-6(3-5-7)8(13)10(11,12)9(14)15/h2-5,8H,13H2,1H3,(H,14,15)/t8-/m1/s1. The van der Waals surface area contributed by atoms with E-state index in [1.54, 1.807) is 0 Å². The van der Waals surface area contributed by atoms with Gasteiger partial charge in [0.2, 0.25) is 0 Å². The molecule has 0 aliphatic rings. The minimum absolute atomic E-state index is 0.0354. The van der Waals surface area contributed by atoms with Gasteiger partial charge in [0.15, 0.2) is 0 Å². The van der Waals surface area contributed by atoms with Crippen LogP contribution in [0, 0.1) is 0 Å². The monoisotopic (exact) mass is 231 g/mol. The molecule has 0 radical (unpaired) electrons. The highest BCUT2D eigenvalue weighted by Crippen LogP contribution is 2.30. The fraction of sp³-hybridized carbons (Fsp3) is 0.300. The Balaban J connectivity index is 2.96. The molecule has 6 heteroatoms. The maximum atomic E-state index is 13.1. The summed E-state index contributed by atoms with van der Waals surface area (Å²) in [5.41, 5.74) is 5.23. The van der Waals surface area contributed by atoms with Crippen molar-refractivity contribution in [3.8, 4) is 5.75 Å². The van der Waals surface area contributed by atoms with Gasteiger partial charge in [0, 0.05) is 0 Å². The second-order valence-electron chi connectivity index (χ2n) is 3.18. The molecular formula is C10H11F2NO3. The number of rotatable bonds is 4. The van der Waals surface area contributed by atoms with Crippen LogP contribution in [0.25, 0.3) is 0 Å². The third kappa shape index (κ3) is 2.27. The molecular weight excluding hydrogens is 220 g/mol. The van der Waals surface area contributed by atoms with E-state index in [2.05, 4.69) is 0 Å². The second kappa shape index (κ2) is 4.44. The molecule has 16 heavy (non-hydrogen) atoms. The Bertz CT molecular complexity index is 378. The van der Waals surface area contributed by atoms with E-state index in [0.29, 0.717) is 5.75 Å². The molecule has 0 spiro atoms. The third-order valence-electron chi connectivity index (χ3n) is 2.15. The van der Waals surface area contributed by atoms with Gasteiger partial charge in [-0.25, -0.2) is 4.79 Å². The Kier molecular flexibility index (Phi) is 3.44. The molecule has 3 N–H and O–H groups in total. The molecule has 4 nitrogen and oxygen atoms in total. The van der Waals surface area contributed by atoms with Crippen LogP contribution in [0.2, 0.25) is 0 Å². The van der Waals surface area contributed by atoms with Crippen molar-refractivity contribution in [3.63, 3.8) is 0 Å². The summed E-state index contributed by atoms with van der Waals surface area (Å²) in [6.07, 6.45) is 0. The number of carboxylic acid groups (broad SMARTS) is 1. The topological polar surface area (TPSA) is 72.5 Å². The van der Waals surface area contributed by atoms with Crippen molar-refractivity contribution < 1.29 is 23.4 Å². The molecule has 1 rings (SSSR count). The second-order valence-corrected chi connectivity index (χ2v) is 3.18. The predicted molar refractivity (Wildman–Crippen MR) is 52.5 cm³/mol. The summed E-state index contributed by atoms with van der Waals surface area (Å²) in [6.45, 7) is 0. The quantitative estimate of drug-likeness (QED) is 0.821. The Hall–Kier alpha value is -1.69. The van der Waals surface area contributed by atoms with Crippen molar-refractivity contribution in [2.45, 2.75) is 12.0 Å². The Morgan fingerprint density at radius 2 is 1.94 bits per heavy atom. The highest BCUT2D eigenvalue weighted by molar-refractivity contribution is 5.76. The molecule has 0 unspecified atom stereocenters. The summed E-state index contributed by atoms with van der Waals surface area (Å²) in [6, 6.07) is 3.61. The van der Waals surface area contributed by atoms with Crippen LogP contribution in [0.4, 0.5) is 8.78 Å². The lowest BCUT2D eigenvalue weighted by molar-refractivity contribution is -0.168. The van der Waals surface area contributed by atoms with Gasteiger partial charge in [-0.05, 0) is 17.7 Å². The molecule has 0 bridgehead atoms. The zero-order valence-electron chi connectivity index (χ0n) is 8.48. The first kappa shape index (κ1) is 12.4. The minimum Gasteiger partial charge on any atom is -0.497 e. The van der Waals surface area contributed by atoms with E-state index >= 15 is 0 Å². The molecule has 0 aromatic heterocycles. The highest BCUT2D eigenvalue weighted by Gasteiger charge is 2.46. The normalized spacial score (nSPS) is 13.2. The molecule has 0 saturated heterocycles. The summed E-state index contributed by atoms with van der Waals surface area (Å²) in [4.78, 5) is 10.3. The fourth-order valence-corrected chi connectivity index (χ4v) is 1.15. The van der Waals surface area contributed by atoms with E-state index in [1.165, 1.54) is 31.4 Å². The van der Waals surface area contributed by atoms with Gasteiger partial charge in [-0.1, -0.05) is 12.1 Å². The van der Waals surface area contributed by atoms with Gasteiger partial charge in [0.25, 0.3) is 0 Å². The number of methoxy groups -OCH3 is 1. The summed E-state index contributed by atoms with van der Waals surface area (Å²) in [7, 11) is 1.43. The van der Waals surface area contributed by atoms with Crippen LogP contribution in [0.15, 0.2) is 24.3 Å². The van der Waals surface area contributed by atoms with Gasteiger partial charge in [-0.3, -0.25) is 0 Å². The highest BCUT2D eigenvalue weighted by atomic mass is 19.3. The van der Waals surface area contributed by atoms with Crippen molar-refractivity contribution >= 4 is 5.97 Å². The molecule has 0 heterocycles. The van der Waals surface area contributed by atoms with Crippen LogP contribution in [-0.2, 0) is 4.79 Å². The first-order chi connectivity index (χ1) is 7.39. The molecule has 1 atom stereocenters. The number of halogens is 2. The number of aliphatic carboxylic acids is 1. The molecule has 0 aliphatic heterocycles. The average Bonchev–Trinajstić information content (AvgIpc) is 2.28. The number of carbonyl (C=O) groups is 1. The maximum absolute atomic E-state index is 13.1. The van der Waals surface area contributed by atoms with E-state index < -0.39 is 17.9 Å². The van der Waals surface area contributed by atoms with Crippen molar-refractivity contribution in [2.24, 2.45) is 5.73 Å². The van der Waals surface area contributed by atoms with Gasteiger partial charge in [0.05, 0.1) is 7.11 Å². The van der Waals surface area contributed by atoms with Crippen LogP contribution in [0.1, 0.15) is 11.6 Å². The average molecular weight is 231 g/mol. The molecule has 1 aromatic rings. The van der Waals surface area contributed by atoms with Crippen LogP contribution in [-0.4, -0.2) is 24.1 Å². The Morgan fingerprint density at radius 1 is 1.44 bits per heavy atom. The number of carboxylic acids is 1. The lowest BCUT2D eigenvalue weighted by Gasteiger charge is -2.19. The smallest absolute Gasteiger partial charge is 0.376 e. The molecule has 1 aromatic carbocycles. The molecule has 0 saturated carbocycles. The number of alkyl halides is 2. The van der Waals surface area contributed by atoms with Crippen LogP contribution in [0.3, 0.4) is 0 Å². The minimum atomic E-state index is -3.99. The first-order valence-corrected chi connectivity index (χ1v) is 4.40. The zero-order valence-corrected chi connectivity index (χ0v) is 8.48. The number of benzene rings is 1. The largest absolute Gasteiger partial charge is 0.497 e. The van der Waals surface area contributed by atoms with Crippen LogP contribution >= 0.6 is 0 Å². The summed E-state index contributed by atoms with van der Waals surface area (Å²) < 4.78 is 30.9. The van der Waals surface area contributed by atoms with E-state index in [4.69, 9.17) is 15.6 Å². The van der Waals surface area contributed by atoms with Crippen molar-refractivity contribution in [1.82, 2.24) is 0 Å². The van der Waals surface area contributed by atoms with E-state index in [1.807, 2.05) is 0 Å². The van der Waals surface area contributed by atoms with Crippen molar-refractivity contribution in [3.05, 3.63) is 29.8 Å². The number of nitrogens with two attached hydrogens (primary N) is 1. The zero-order chi connectivity index (χ0) is 12.3. The lowest BCUT2D eigenvalue weighted by Crippen LogP contribution is -2.40. The summed E-state index contributed by atoms with van der Waals surface area (Å²) in [5, 5.41) is 8.32. The number of hydrogen-bond acceptors (Lipinski definition) is 3. The number of hydrogen-bond donors (Lipinski definition) is 2. The first-order valence-electron chi connectivity index (χ1n) is 4.40. The Morgan fingerprint density at radius 3 is 2.31 bits per heavy atom. The van der Waals surface area contributed by atoms with Crippen LogP contribution < -0.4 is 10.5 Å². The van der Waals surface area contributed by atoms with Gasteiger partial charge in [-0.2, -0.15) is 8.78 Å². The van der Waals surface area contributed by atoms with E-state index in [0.717, 1.165) is 0 Å². The van der Waals surface area contributed by atoms with Gasteiger partial charge in [-0.15, -0.1) is 0 Å². The Labute approximate surface area is 90.6 Å². The SMILES string of the molecule is COc1ccc([C@@H](N)C(F)(F)C(=O)O)cc1. The van der Waals surface area contributed by atoms with E-state index in [9.17, 15) is 13.6 Å². The molecule has 88 valence electrons. The van der Waals surface area contributed by atoms with Crippen molar-refractivity contribution in [2.75, 3.05) is 7.11 Å². The van der Waals surface area contributed by atoms with Crippen molar-refractivity contribution in [1.29, 1.82) is 0 Å². The van der Waals surface area contributed by atoms with Crippen LogP contribution in [0.5, 0.6) is 5.75 Å². The van der Waals surface area contributed by atoms with Gasteiger partial charge in [0.1, 0.15) is 11.8 Å². The van der Waals surface area contributed by atoms with Gasteiger partial charge >= 0.3 is 11.9 Å². The third-order valence-corrected chi connectivity index (χ3v) is 2.15. The summed E-state index contributed by atoms with van der Waals surface area (Å²) >= 11 is 0.